The number of fused-ring (bicyclic) bond motifs is 1. The van der Waals surface area contributed by atoms with E-state index in [9.17, 15) is 19.1 Å². The van der Waals surface area contributed by atoms with Crippen LogP contribution < -0.4 is 19.5 Å². The largest absolute Gasteiger partial charge is 0.493 e. The van der Waals surface area contributed by atoms with Crippen molar-refractivity contribution in [1.29, 1.82) is 0 Å². The maximum absolute atomic E-state index is 15.0. The number of carbonyl (C=O) groups is 2. The number of para-hydroxylation sites is 1. The molecule has 10 heteroatoms. The second-order valence-corrected chi connectivity index (χ2v) is 11.7. The van der Waals surface area contributed by atoms with Crippen LogP contribution in [0, 0.1) is 11.7 Å². The van der Waals surface area contributed by atoms with Crippen LogP contribution in [0.5, 0.6) is 17.2 Å². The molecule has 5 rings (SSSR count). The average Bonchev–Trinajstić information content (AvgIpc) is 3.63. The fourth-order valence-corrected chi connectivity index (χ4v) is 6.35. The summed E-state index contributed by atoms with van der Waals surface area (Å²) in [5.74, 6) is -1.61. The van der Waals surface area contributed by atoms with Crippen molar-refractivity contribution in [3.05, 3.63) is 82.7 Å². The van der Waals surface area contributed by atoms with Crippen molar-refractivity contribution in [2.24, 2.45) is 5.92 Å². The number of aliphatic carboxylic acids is 1. The van der Waals surface area contributed by atoms with Crippen LogP contribution in [0.1, 0.15) is 48.1 Å². The van der Waals surface area contributed by atoms with Gasteiger partial charge in [0.2, 0.25) is 18.4 Å². The summed E-state index contributed by atoms with van der Waals surface area (Å²) in [6.45, 7) is 4.75. The molecule has 2 aliphatic rings. The van der Waals surface area contributed by atoms with Crippen LogP contribution in [0.15, 0.2) is 54.6 Å². The minimum absolute atomic E-state index is 0.0276. The zero-order chi connectivity index (χ0) is 30.5. The van der Waals surface area contributed by atoms with Crippen molar-refractivity contribution in [2.75, 3.05) is 43.8 Å². The Labute approximate surface area is 255 Å². The molecule has 0 aliphatic carbocycles. The Morgan fingerprint density at radius 2 is 1.79 bits per heavy atom. The number of ether oxygens (including phenoxy) is 3. The number of aryl methyl sites for hydroxylation is 2. The van der Waals surface area contributed by atoms with E-state index in [1.807, 2.05) is 67.5 Å². The molecule has 8 nitrogen and oxygen atoms in total. The van der Waals surface area contributed by atoms with Gasteiger partial charge in [0, 0.05) is 29.9 Å². The van der Waals surface area contributed by atoms with E-state index in [0.29, 0.717) is 17.9 Å². The molecule has 0 spiro atoms. The number of halogens is 1. The summed E-state index contributed by atoms with van der Waals surface area (Å²) >= 11 is 1.69. The average molecular weight is 609 g/mol. The first-order chi connectivity index (χ1) is 20.8. The Morgan fingerprint density at radius 1 is 1.07 bits per heavy atom. The highest BCUT2D eigenvalue weighted by Gasteiger charge is 2.48. The van der Waals surface area contributed by atoms with Crippen LogP contribution in [0.3, 0.4) is 0 Å². The monoisotopic (exact) mass is 608 g/mol. The van der Waals surface area contributed by atoms with Gasteiger partial charge in [0.15, 0.2) is 11.6 Å². The van der Waals surface area contributed by atoms with Gasteiger partial charge < -0.3 is 24.6 Å². The van der Waals surface area contributed by atoms with Gasteiger partial charge in [-0.3, -0.25) is 14.5 Å². The number of likely N-dealkylation sites (tertiary alicyclic amines) is 1. The number of hydrogen-bond acceptors (Lipinski definition) is 7. The molecule has 0 saturated carbocycles. The van der Waals surface area contributed by atoms with Gasteiger partial charge in [0.1, 0.15) is 5.75 Å². The van der Waals surface area contributed by atoms with Crippen LogP contribution >= 0.6 is 11.8 Å². The first-order valence-corrected chi connectivity index (χ1v) is 15.9. The van der Waals surface area contributed by atoms with E-state index in [4.69, 9.17) is 14.2 Å². The summed E-state index contributed by atoms with van der Waals surface area (Å²) < 4.78 is 31.5. The van der Waals surface area contributed by atoms with Crippen molar-refractivity contribution < 1.29 is 33.3 Å². The number of benzene rings is 3. The summed E-state index contributed by atoms with van der Waals surface area (Å²) in [7, 11) is 0. The zero-order valence-electron chi connectivity index (χ0n) is 24.6. The zero-order valence-corrected chi connectivity index (χ0v) is 25.4. The Balaban J connectivity index is 1.48. The number of thioether (sulfide) groups is 1. The molecular formula is C33H37FN2O6S. The predicted octanol–water partition coefficient (Wildman–Crippen LogP) is 5.90. The van der Waals surface area contributed by atoms with E-state index in [0.717, 1.165) is 41.0 Å². The van der Waals surface area contributed by atoms with E-state index in [1.165, 1.54) is 6.07 Å². The molecule has 1 fully saturated rings. The number of hydrogen-bond donors (Lipinski definition) is 2. The number of carbonyl (C=O) groups excluding carboxylic acids is 1. The molecule has 0 aromatic heterocycles. The van der Waals surface area contributed by atoms with Crippen LogP contribution in [0.2, 0.25) is 0 Å². The second-order valence-electron chi connectivity index (χ2n) is 10.7. The number of nitrogens with one attached hydrogen (secondary N) is 1. The van der Waals surface area contributed by atoms with Gasteiger partial charge >= 0.3 is 5.97 Å². The molecule has 2 heterocycles. The van der Waals surface area contributed by atoms with Crippen LogP contribution in [-0.4, -0.2) is 60.4 Å². The number of anilines is 1. The fourth-order valence-electron chi connectivity index (χ4n) is 6.10. The summed E-state index contributed by atoms with van der Waals surface area (Å²) in [5.41, 5.74) is 4.12. The third-order valence-electron chi connectivity index (χ3n) is 8.15. The van der Waals surface area contributed by atoms with E-state index in [1.54, 1.807) is 17.8 Å². The Bertz CT molecular complexity index is 1440. The molecule has 1 saturated heterocycles. The minimum Gasteiger partial charge on any atom is -0.493 e. The van der Waals surface area contributed by atoms with Crippen molar-refractivity contribution in [3.63, 3.8) is 0 Å². The Kier molecular flexibility index (Phi) is 9.77. The SMILES string of the molecule is CCc1cccc(CC)c1NC(=O)CN1C[C@H](c2cc(F)c3c(c2)OCO3)[C@@H](C(=O)O)[C@@H]1c1ccc(OCCSC)cc1. The van der Waals surface area contributed by atoms with Crippen molar-refractivity contribution in [3.8, 4) is 17.2 Å². The van der Waals surface area contributed by atoms with Gasteiger partial charge in [-0.25, -0.2) is 4.39 Å². The molecule has 2 N–H and O–H groups in total. The Morgan fingerprint density at radius 3 is 2.44 bits per heavy atom. The molecule has 228 valence electrons. The molecule has 0 unspecified atom stereocenters. The topological polar surface area (TPSA) is 97.3 Å². The highest BCUT2D eigenvalue weighted by atomic mass is 32.2. The molecule has 3 atom stereocenters. The summed E-state index contributed by atoms with van der Waals surface area (Å²) in [6.07, 6.45) is 3.54. The molecular weight excluding hydrogens is 571 g/mol. The van der Waals surface area contributed by atoms with Crippen molar-refractivity contribution >= 4 is 29.3 Å². The highest BCUT2D eigenvalue weighted by molar-refractivity contribution is 7.98. The summed E-state index contributed by atoms with van der Waals surface area (Å²) in [4.78, 5) is 28.4. The molecule has 1 amide bonds. The van der Waals surface area contributed by atoms with E-state index in [-0.39, 0.29) is 37.3 Å². The predicted molar refractivity (Wildman–Crippen MR) is 165 cm³/mol. The van der Waals surface area contributed by atoms with Gasteiger partial charge in [0.25, 0.3) is 0 Å². The quantitative estimate of drug-likeness (QED) is 0.246. The van der Waals surface area contributed by atoms with E-state index < -0.39 is 29.7 Å². The van der Waals surface area contributed by atoms with Crippen LogP contribution in [0.4, 0.5) is 10.1 Å². The molecule has 43 heavy (non-hydrogen) atoms. The number of carboxylic acid groups (broad SMARTS) is 1. The Hall–Kier alpha value is -3.76. The smallest absolute Gasteiger partial charge is 0.309 e. The lowest BCUT2D eigenvalue weighted by atomic mass is 9.82. The van der Waals surface area contributed by atoms with E-state index in [2.05, 4.69) is 5.32 Å². The minimum atomic E-state index is -1.03. The maximum atomic E-state index is 15.0. The lowest BCUT2D eigenvalue weighted by Crippen LogP contribution is -2.35. The standard InChI is InChI=1S/C33H37FN2O6S/c1-4-20-7-6-8-21(5-2)30(20)35-28(37)18-36-17-25(23-15-26(34)32-27(16-23)41-19-42-32)29(33(38)39)31(36)22-9-11-24(12-10-22)40-13-14-43-3/h6-12,15-16,25,29,31H,4-5,13-14,17-19H2,1-3H3,(H,35,37)(H,38,39)/t25-,29-,31+/m1/s1. The normalized spacial score (nSPS) is 19.4. The highest BCUT2D eigenvalue weighted by Crippen LogP contribution is 2.48. The molecule has 0 radical (unpaired) electrons. The van der Waals surface area contributed by atoms with Crippen LogP contribution in [-0.2, 0) is 22.4 Å². The lowest BCUT2D eigenvalue weighted by molar-refractivity contribution is -0.143. The maximum Gasteiger partial charge on any atom is 0.309 e. The molecule has 3 aromatic rings. The lowest BCUT2D eigenvalue weighted by Gasteiger charge is -2.27. The van der Waals surface area contributed by atoms with Gasteiger partial charge in [-0.15, -0.1) is 0 Å². The first-order valence-electron chi connectivity index (χ1n) is 14.5. The third kappa shape index (κ3) is 6.60. The van der Waals surface area contributed by atoms with E-state index >= 15 is 0 Å². The fraction of sp³-hybridized carbons (Fsp3) is 0.394. The summed E-state index contributed by atoms with van der Waals surface area (Å²) in [5, 5.41) is 13.7. The number of amides is 1. The van der Waals surface area contributed by atoms with Crippen LogP contribution in [0.25, 0.3) is 0 Å². The number of carboxylic acids is 1. The third-order valence-corrected chi connectivity index (χ3v) is 8.72. The number of nitrogens with zero attached hydrogens (tertiary/aromatic N) is 1. The van der Waals surface area contributed by atoms with Gasteiger partial charge in [0.05, 0.1) is 19.1 Å². The molecule has 0 bridgehead atoms. The first kappa shape index (κ1) is 30.7. The second kappa shape index (κ2) is 13.7. The molecule has 3 aromatic carbocycles. The number of rotatable bonds is 12. The van der Waals surface area contributed by atoms with Crippen molar-refractivity contribution in [2.45, 2.75) is 38.6 Å². The van der Waals surface area contributed by atoms with Crippen molar-refractivity contribution in [1.82, 2.24) is 4.90 Å². The van der Waals surface area contributed by atoms with Gasteiger partial charge in [-0.1, -0.05) is 44.2 Å². The summed E-state index contributed by atoms with van der Waals surface area (Å²) in [6, 6.07) is 15.7. The molecule has 2 aliphatic heterocycles. The van der Waals surface area contributed by atoms with Gasteiger partial charge in [-0.2, -0.15) is 11.8 Å². The van der Waals surface area contributed by atoms with Gasteiger partial charge in [-0.05, 0) is 65.6 Å².